The zero-order chi connectivity index (χ0) is 21.9. The number of carbonyl (C=O) groups excluding carboxylic acids is 1. The van der Waals surface area contributed by atoms with Crippen LogP contribution >= 0.6 is 22.9 Å². The lowest BCUT2D eigenvalue weighted by Crippen LogP contribution is -2.50. The van der Waals surface area contributed by atoms with Gasteiger partial charge in [0.1, 0.15) is 9.96 Å². The summed E-state index contributed by atoms with van der Waals surface area (Å²) in [7, 11) is -1.95. The SMILES string of the molecule is COc1cc(Cl)c(C)cc1NC(=O)[C@H](C)N1CCC(NS(=O)(=O)c2cccs2)CC1. The van der Waals surface area contributed by atoms with E-state index in [0.29, 0.717) is 46.6 Å². The first-order valence-electron chi connectivity index (χ1n) is 9.66. The standard InChI is InChI=1S/C20H26ClN3O4S2/c1-13-11-17(18(28-3)12-16(13)21)22-20(25)14(2)24-8-6-15(7-9-24)23-30(26,27)19-5-4-10-29-19/h4-5,10-12,14-15,23H,6-9H2,1-3H3,(H,22,25)/t14-/m0/s1. The van der Waals surface area contributed by atoms with Crippen LogP contribution in [0.4, 0.5) is 5.69 Å². The Morgan fingerprint density at radius 1 is 1.33 bits per heavy atom. The molecule has 0 saturated carbocycles. The molecule has 0 aliphatic carbocycles. The molecule has 10 heteroatoms. The summed E-state index contributed by atoms with van der Waals surface area (Å²) in [5.74, 6) is 0.362. The van der Waals surface area contributed by atoms with Gasteiger partial charge in [0, 0.05) is 30.2 Å². The number of hydrogen-bond donors (Lipinski definition) is 2. The van der Waals surface area contributed by atoms with Gasteiger partial charge in [-0.25, -0.2) is 13.1 Å². The van der Waals surface area contributed by atoms with E-state index < -0.39 is 10.0 Å². The number of anilines is 1. The summed E-state index contributed by atoms with van der Waals surface area (Å²) in [5.41, 5.74) is 1.43. The number of halogens is 1. The first kappa shape index (κ1) is 23.0. The van der Waals surface area contributed by atoms with Crippen molar-refractivity contribution in [3.8, 4) is 5.75 Å². The van der Waals surface area contributed by atoms with Crippen LogP contribution in [0, 0.1) is 6.92 Å². The van der Waals surface area contributed by atoms with Crippen molar-refractivity contribution in [2.24, 2.45) is 0 Å². The van der Waals surface area contributed by atoms with Gasteiger partial charge in [-0.3, -0.25) is 9.69 Å². The van der Waals surface area contributed by atoms with Crippen LogP contribution in [0.2, 0.25) is 5.02 Å². The van der Waals surface area contributed by atoms with Crippen molar-refractivity contribution in [1.29, 1.82) is 0 Å². The number of carbonyl (C=O) groups is 1. The third-order valence-corrected chi connectivity index (χ3v) is 8.60. The number of thiophene rings is 1. The van der Waals surface area contributed by atoms with Crippen LogP contribution in [-0.2, 0) is 14.8 Å². The van der Waals surface area contributed by atoms with Crippen molar-refractivity contribution in [3.63, 3.8) is 0 Å². The van der Waals surface area contributed by atoms with Crippen molar-refractivity contribution < 1.29 is 17.9 Å². The lowest BCUT2D eigenvalue weighted by molar-refractivity contribution is -0.121. The summed E-state index contributed by atoms with van der Waals surface area (Å²) in [4.78, 5) is 14.8. The van der Waals surface area contributed by atoms with Crippen LogP contribution in [0.5, 0.6) is 5.75 Å². The van der Waals surface area contributed by atoms with Crippen LogP contribution in [0.3, 0.4) is 0 Å². The van der Waals surface area contributed by atoms with E-state index in [1.807, 2.05) is 13.8 Å². The molecule has 1 atom stereocenters. The van der Waals surface area contributed by atoms with E-state index in [1.54, 1.807) is 29.6 Å². The molecule has 2 N–H and O–H groups in total. The first-order chi connectivity index (χ1) is 14.2. The molecule has 0 spiro atoms. The van der Waals surface area contributed by atoms with Crippen molar-refractivity contribution in [2.45, 2.75) is 43.0 Å². The third-order valence-electron chi connectivity index (χ3n) is 5.28. The average molecular weight is 472 g/mol. The number of methoxy groups -OCH3 is 1. The Morgan fingerprint density at radius 2 is 2.03 bits per heavy atom. The maximum absolute atomic E-state index is 12.8. The molecule has 2 aromatic rings. The number of likely N-dealkylation sites (tertiary alicyclic amines) is 1. The molecule has 2 heterocycles. The Kier molecular flexibility index (Phi) is 7.41. The number of piperidine rings is 1. The van der Waals surface area contributed by atoms with Crippen LogP contribution in [-0.4, -0.2) is 51.5 Å². The molecule has 1 saturated heterocycles. The number of sulfonamides is 1. The van der Waals surface area contributed by atoms with Crippen molar-refractivity contribution in [1.82, 2.24) is 9.62 Å². The van der Waals surface area contributed by atoms with Crippen LogP contribution in [0.1, 0.15) is 25.3 Å². The quantitative estimate of drug-likeness (QED) is 0.645. The number of aryl methyl sites for hydroxylation is 1. The second-order valence-corrected chi connectivity index (χ2v) is 10.6. The predicted octanol–water partition coefficient (Wildman–Crippen LogP) is 3.49. The molecule has 1 aliphatic rings. The third kappa shape index (κ3) is 5.33. The number of nitrogens with zero attached hydrogens (tertiary/aromatic N) is 1. The second kappa shape index (κ2) is 9.65. The van der Waals surface area contributed by atoms with Gasteiger partial charge in [0.2, 0.25) is 15.9 Å². The fourth-order valence-electron chi connectivity index (χ4n) is 3.43. The minimum Gasteiger partial charge on any atom is -0.495 e. The molecule has 0 unspecified atom stereocenters. The van der Waals surface area contributed by atoms with Gasteiger partial charge in [-0.2, -0.15) is 0 Å². The van der Waals surface area contributed by atoms with Gasteiger partial charge in [0.25, 0.3) is 0 Å². The van der Waals surface area contributed by atoms with Gasteiger partial charge in [-0.05, 0) is 49.8 Å². The van der Waals surface area contributed by atoms with Gasteiger partial charge in [-0.1, -0.05) is 17.7 Å². The van der Waals surface area contributed by atoms with E-state index in [-0.39, 0.29) is 18.0 Å². The monoisotopic (exact) mass is 471 g/mol. The molecule has 164 valence electrons. The molecule has 3 rings (SSSR count). The molecule has 7 nitrogen and oxygen atoms in total. The minimum atomic E-state index is -3.48. The van der Waals surface area contributed by atoms with E-state index in [1.165, 1.54) is 18.4 Å². The average Bonchev–Trinajstić information content (AvgIpc) is 3.26. The van der Waals surface area contributed by atoms with E-state index >= 15 is 0 Å². The zero-order valence-corrected chi connectivity index (χ0v) is 19.5. The highest BCUT2D eigenvalue weighted by atomic mass is 35.5. The topological polar surface area (TPSA) is 87.7 Å². The van der Waals surface area contributed by atoms with Crippen molar-refractivity contribution in [3.05, 3.63) is 40.2 Å². The molecular weight excluding hydrogens is 446 g/mol. The largest absolute Gasteiger partial charge is 0.495 e. The molecule has 0 radical (unpaired) electrons. The molecule has 1 aromatic carbocycles. The number of hydrogen-bond acceptors (Lipinski definition) is 6. The molecular formula is C20H26ClN3O4S2. The zero-order valence-electron chi connectivity index (χ0n) is 17.1. The van der Waals surface area contributed by atoms with Crippen molar-refractivity contribution in [2.75, 3.05) is 25.5 Å². The van der Waals surface area contributed by atoms with E-state index in [4.69, 9.17) is 16.3 Å². The molecule has 0 bridgehead atoms. The fraction of sp³-hybridized carbons (Fsp3) is 0.450. The van der Waals surface area contributed by atoms with E-state index in [0.717, 1.165) is 5.56 Å². The normalized spacial score (nSPS) is 16.9. The summed E-state index contributed by atoms with van der Waals surface area (Å²) < 4.78 is 33.2. The van der Waals surface area contributed by atoms with Crippen LogP contribution in [0.15, 0.2) is 33.9 Å². The smallest absolute Gasteiger partial charge is 0.250 e. The number of benzene rings is 1. The molecule has 30 heavy (non-hydrogen) atoms. The minimum absolute atomic E-state index is 0.136. The van der Waals surface area contributed by atoms with Gasteiger partial charge < -0.3 is 10.1 Å². The van der Waals surface area contributed by atoms with Crippen LogP contribution in [0.25, 0.3) is 0 Å². The lowest BCUT2D eigenvalue weighted by atomic mass is 10.0. The number of ether oxygens (including phenoxy) is 1. The Labute approximate surface area is 186 Å². The molecule has 1 fully saturated rings. The molecule has 1 aromatic heterocycles. The fourth-order valence-corrected chi connectivity index (χ4v) is 5.90. The Balaban J connectivity index is 1.57. The maximum atomic E-state index is 12.8. The summed E-state index contributed by atoms with van der Waals surface area (Å²) in [5, 5.41) is 5.24. The van der Waals surface area contributed by atoms with Crippen LogP contribution < -0.4 is 14.8 Å². The second-order valence-electron chi connectivity index (χ2n) is 7.33. The Hall–Kier alpha value is -1.65. The Morgan fingerprint density at radius 3 is 2.63 bits per heavy atom. The summed E-state index contributed by atoms with van der Waals surface area (Å²) >= 11 is 7.33. The predicted molar refractivity (Wildman–Crippen MR) is 120 cm³/mol. The number of rotatable bonds is 7. The van der Waals surface area contributed by atoms with E-state index in [2.05, 4.69) is 14.9 Å². The Bertz CT molecular complexity index is 988. The van der Waals surface area contributed by atoms with Gasteiger partial charge in [-0.15, -0.1) is 11.3 Å². The highest BCUT2D eigenvalue weighted by molar-refractivity contribution is 7.91. The molecule has 1 aliphatic heterocycles. The maximum Gasteiger partial charge on any atom is 0.250 e. The molecule has 1 amide bonds. The van der Waals surface area contributed by atoms with Crippen molar-refractivity contribution >= 4 is 44.6 Å². The summed E-state index contributed by atoms with van der Waals surface area (Å²) in [6, 6.07) is 6.29. The highest BCUT2D eigenvalue weighted by Crippen LogP contribution is 2.31. The van der Waals surface area contributed by atoms with Gasteiger partial charge in [0.15, 0.2) is 0 Å². The first-order valence-corrected chi connectivity index (χ1v) is 12.4. The number of nitrogens with one attached hydrogen (secondary N) is 2. The van der Waals surface area contributed by atoms with Gasteiger partial charge >= 0.3 is 0 Å². The van der Waals surface area contributed by atoms with Gasteiger partial charge in [0.05, 0.1) is 18.8 Å². The van der Waals surface area contributed by atoms with E-state index in [9.17, 15) is 13.2 Å². The highest BCUT2D eigenvalue weighted by Gasteiger charge is 2.29. The summed E-state index contributed by atoms with van der Waals surface area (Å²) in [6.45, 7) is 4.97. The number of amides is 1. The lowest BCUT2D eigenvalue weighted by Gasteiger charge is -2.35. The summed E-state index contributed by atoms with van der Waals surface area (Å²) in [6.07, 6.45) is 1.29.